The molecule has 2 heterocycles. The van der Waals surface area contributed by atoms with Crippen LogP contribution in [-0.4, -0.2) is 24.5 Å². The SMILES string of the molecule is COc1ccc(C=C2Oc3c(cc4c(c3C)OCN(Cc3ccccc3)C4)C2=O)cc1. The number of hydrogen-bond donors (Lipinski definition) is 0. The zero-order valence-electron chi connectivity index (χ0n) is 17.6. The average Bonchev–Trinajstić information content (AvgIpc) is 3.11. The molecule has 0 amide bonds. The molecular formula is C26H23NO4. The van der Waals surface area contributed by atoms with Crippen molar-refractivity contribution >= 4 is 11.9 Å². The van der Waals surface area contributed by atoms with E-state index in [-0.39, 0.29) is 5.78 Å². The fraction of sp³-hybridized carbons (Fsp3) is 0.192. The van der Waals surface area contributed by atoms with Crippen LogP contribution in [0.4, 0.5) is 0 Å². The third kappa shape index (κ3) is 3.68. The van der Waals surface area contributed by atoms with Gasteiger partial charge in [0, 0.05) is 24.2 Å². The summed E-state index contributed by atoms with van der Waals surface area (Å²) in [5.74, 6) is 2.41. The summed E-state index contributed by atoms with van der Waals surface area (Å²) in [6.45, 7) is 3.98. The summed E-state index contributed by atoms with van der Waals surface area (Å²) < 4.78 is 17.3. The molecule has 0 aliphatic carbocycles. The molecule has 0 aromatic heterocycles. The highest BCUT2D eigenvalue weighted by Crippen LogP contribution is 2.43. The normalized spacial score (nSPS) is 16.5. The standard InChI is InChI=1S/C26H23NO4/c1-17-25-20(15-27(16-30-25)14-19-6-4-3-5-7-19)13-22-24(28)23(31-26(17)22)12-18-8-10-21(29-2)11-9-18/h3-13H,14-16H2,1-2H3. The Morgan fingerprint density at radius 1 is 1.06 bits per heavy atom. The van der Waals surface area contributed by atoms with Crippen molar-refractivity contribution in [2.24, 2.45) is 0 Å². The quantitative estimate of drug-likeness (QED) is 0.565. The van der Waals surface area contributed by atoms with Gasteiger partial charge < -0.3 is 14.2 Å². The van der Waals surface area contributed by atoms with Gasteiger partial charge in [0.15, 0.2) is 5.76 Å². The van der Waals surface area contributed by atoms with Crippen LogP contribution in [-0.2, 0) is 13.1 Å². The van der Waals surface area contributed by atoms with Crippen molar-refractivity contribution in [1.29, 1.82) is 0 Å². The first-order valence-electron chi connectivity index (χ1n) is 10.3. The van der Waals surface area contributed by atoms with Crippen molar-refractivity contribution in [1.82, 2.24) is 4.90 Å². The van der Waals surface area contributed by atoms with Crippen LogP contribution in [0.2, 0.25) is 0 Å². The van der Waals surface area contributed by atoms with Gasteiger partial charge in [-0.25, -0.2) is 0 Å². The van der Waals surface area contributed by atoms with Gasteiger partial charge in [0.1, 0.15) is 24.0 Å². The zero-order valence-corrected chi connectivity index (χ0v) is 17.6. The van der Waals surface area contributed by atoms with E-state index in [0.29, 0.717) is 23.8 Å². The van der Waals surface area contributed by atoms with E-state index in [2.05, 4.69) is 17.0 Å². The molecule has 0 spiro atoms. The van der Waals surface area contributed by atoms with Crippen LogP contribution in [0.3, 0.4) is 0 Å². The van der Waals surface area contributed by atoms with Crippen molar-refractivity contribution < 1.29 is 19.0 Å². The molecule has 2 aliphatic heterocycles. The van der Waals surface area contributed by atoms with E-state index >= 15 is 0 Å². The number of carbonyl (C=O) groups is 1. The molecule has 3 aromatic carbocycles. The summed E-state index contributed by atoms with van der Waals surface area (Å²) in [5.41, 5.74) is 4.60. The molecule has 5 rings (SSSR count). The lowest BCUT2D eigenvalue weighted by Crippen LogP contribution is -2.32. The van der Waals surface area contributed by atoms with Gasteiger partial charge in [-0.1, -0.05) is 42.5 Å². The lowest BCUT2D eigenvalue weighted by atomic mass is 10.00. The lowest BCUT2D eigenvalue weighted by molar-refractivity contribution is 0.0876. The summed E-state index contributed by atoms with van der Waals surface area (Å²) >= 11 is 0. The number of rotatable bonds is 4. The van der Waals surface area contributed by atoms with E-state index in [1.165, 1.54) is 5.56 Å². The molecule has 0 saturated heterocycles. The molecule has 3 aromatic rings. The van der Waals surface area contributed by atoms with E-state index in [1.807, 2.05) is 55.5 Å². The highest BCUT2D eigenvalue weighted by Gasteiger charge is 2.33. The number of fused-ring (bicyclic) bond motifs is 2. The third-order valence-electron chi connectivity index (χ3n) is 5.66. The van der Waals surface area contributed by atoms with E-state index in [1.54, 1.807) is 13.2 Å². The van der Waals surface area contributed by atoms with Crippen LogP contribution in [0.15, 0.2) is 66.4 Å². The Kier molecular flexibility index (Phi) is 4.96. The molecule has 5 heteroatoms. The predicted molar refractivity (Wildman–Crippen MR) is 118 cm³/mol. The topological polar surface area (TPSA) is 48.0 Å². The van der Waals surface area contributed by atoms with Gasteiger partial charge in [0.25, 0.3) is 0 Å². The second-order valence-electron chi connectivity index (χ2n) is 7.83. The van der Waals surface area contributed by atoms with E-state index in [9.17, 15) is 4.79 Å². The van der Waals surface area contributed by atoms with Gasteiger partial charge in [-0.2, -0.15) is 0 Å². The molecule has 5 nitrogen and oxygen atoms in total. The van der Waals surface area contributed by atoms with Gasteiger partial charge in [0.2, 0.25) is 5.78 Å². The van der Waals surface area contributed by atoms with E-state index in [4.69, 9.17) is 14.2 Å². The highest BCUT2D eigenvalue weighted by atomic mass is 16.5. The number of hydrogen-bond acceptors (Lipinski definition) is 5. The van der Waals surface area contributed by atoms with E-state index < -0.39 is 0 Å². The summed E-state index contributed by atoms with van der Waals surface area (Å²) in [7, 11) is 1.63. The summed E-state index contributed by atoms with van der Waals surface area (Å²) in [5, 5.41) is 0. The maximum atomic E-state index is 13.1. The van der Waals surface area contributed by atoms with Crippen LogP contribution < -0.4 is 14.2 Å². The molecule has 2 aliphatic rings. The smallest absolute Gasteiger partial charge is 0.231 e. The van der Waals surface area contributed by atoms with Crippen molar-refractivity contribution in [3.63, 3.8) is 0 Å². The Morgan fingerprint density at radius 2 is 1.84 bits per heavy atom. The maximum Gasteiger partial charge on any atom is 0.231 e. The molecule has 0 unspecified atom stereocenters. The fourth-order valence-electron chi connectivity index (χ4n) is 4.09. The largest absolute Gasteiger partial charge is 0.497 e. The van der Waals surface area contributed by atoms with Crippen LogP contribution >= 0.6 is 0 Å². The number of ether oxygens (including phenoxy) is 3. The number of carbonyl (C=O) groups excluding carboxylic acids is 1. The predicted octanol–water partition coefficient (Wildman–Crippen LogP) is 4.97. The van der Waals surface area contributed by atoms with Crippen molar-refractivity contribution in [2.45, 2.75) is 20.0 Å². The molecule has 156 valence electrons. The second-order valence-corrected chi connectivity index (χ2v) is 7.83. The number of allylic oxidation sites excluding steroid dienone is 1. The van der Waals surface area contributed by atoms with E-state index in [0.717, 1.165) is 41.3 Å². The van der Waals surface area contributed by atoms with Crippen molar-refractivity contribution in [3.05, 3.63) is 94.2 Å². The zero-order chi connectivity index (χ0) is 21.4. The number of benzene rings is 3. The lowest BCUT2D eigenvalue weighted by Gasteiger charge is -2.30. The summed E-state index contributed by atoms with van der Waals surface area (Å²) in [6.07, 6.45) is 1.77. The first-order chi connectivity index (χ1) is 15.1. The third-order valence-corrected chi connectivity index (χ3v) is 5.66. The Bertz CT molecular complexity index is 1170. The first kappa shape index (κ1) is 19.4. The van der Waals surface area contributed by atoms with Crippen molar-refractivity contribution in [3.8, 4) is 17.2 Å². The second kappa shape index (κ2) is 7.93. The number of Topliss-reactive ketones (excluding diaryl/α,β-unsaturated/α-hetero) is 1. The molecule has 0 bridgehead atoms. The van der Waals surface area contributed by atoms with Gasteiger partial charge in [-0.3, -0.25) is 9.69 Å². The summed E-state index contributed by atoms with van der Waals surface area (Å²) in [6, 6.07) is 19.7. The van der Waals surface area contributed by atoms with Crippen molar-refractivity contribution in [2.75, 3.05) is 13.8 Å². The summed E-state index contributed by atoms with van der Waals surface area (Å²) in [4.78, 5) is 15.3. The van der Waals surface area contributed by atoms with Gasteiger partial charge in [-0.05, 0) is 42.3 Å². The molecule has 0 atom stereocenters. The van der Waals surface area contributed by atoms with Crippen LogP contribution in [0.25, 0.3) is 6.08 Å². The minimum Gasteiger partial charge on any atom is -0.497 e. The molecule has 0 radical (unpaired) electrons. The fourth-order valence-corrected chi connectivity index (χ4v) is 4.09. The molecule has 0 saturated carbocycles. The molecular weight excluding hydrogens is 390 g/mol. The maximum absolute atomic E-state index is 13.1. The van der Waals surface area contributed by atoms with Crippen LogP contribution in [0.1, 0.15) is 32.6 Å². The van der Waals surface area contributed by atoms with Gasteiger partial charge in [0.05, 0.1) is 12.7 Å². The Morgan fingerprint density at radius 3 is 2.58 bits per heavy atom. The molecule has 31 heavy (non-hydrogen) atoms. The van der Waals surface area contributed by atoms with Crippen LogP contribution in [0.5, 0.6) is 17.2 Å². The molecule has 0 fully saturated rings. The monoisotopic (exact) mass is 413 g/mol. The number of methoxy groups -OCH3 is 1. The minimum absolute atomic E-state index is 0.100. The number of nitrogens with zero attached hydrogens (tertiary/aromatic N) is 1. The Balaban J connectivity index is 1.41. The van der Waals surface area contributed by atoms with Crippen LogP contribution in [0, 0.1) is 6.92 Å². The molecule has 0 N–H and O–H groups in total. The number of ketones is 1. The minimum atomic E-state index is -0.100. The Labute approximate surface area is 181 Å². The first-order valence-corrected chi connectivity index (χ1v) is 10.3. The average molecular weight is 413 g/mol. The highest BCUT2D eigenvalue weighted by molar-refractivity contribution is 6.15. The van der Waals surface area contributed by atoms with Gasteiger partial charge >= 0.3 is 0 Å². The Hall–Kier alpha value is -3.57. The van der Waals surface area contributed by atoms with Gasteiger partial charge in [-0.15, -0.1) is 0 Å².